The average molecular weight is 292 g/mol. The summed E-state index contributed by atoms with van der Waals surface area (Å²) >= 11 is 0. The van der Waals surface area contributed by atoms with Crippen molar-refractivity contribution in [2.45, 2.75) is 0 Å². The molecule has 0 aliphatic rings. The van der Waals surface area contributed by atoms with Crippen LogP contribution < -0.4 is 14.0 Å². The lowest BCUT2D eigenvalue weighted by Gasteiger charge is -2.06. The fourth-order valence-electron chi connectivity index (χ4n) is 1.40. The molecule has 0 amide bonds. The van der Waals surface area contributed by atoms with Crippen molar-refractivity contribution in [3.63, 3.8) is 0 Å². The number of hydrogen-bond donors (Lipinski definition) is 1. The molecule has 1 N–H and O–H groups in total. The van der Waals surface area contributed by atoms with Gasteiger partial charge in [-0.2, -0.15) is 0 Å². The fraction of sp³-hybridized carbons (Fsp3) is 0. The highest BCUT2D eigenvalue weighted by atomic mass is 31.1. The maximum absolute atomic E-state index is 11.5. The predicted molar refractivity (Wildman–Crippen MR) is 69.4 cm³/mol. The van der Waals surface area contributed by atoms with Gasteiger partial charge >= 0.3 is 14.8 Å². The van der Waals surface area contributed by atoms with E-state index in [2.05, 4.69) is 0 Å². The number of carbonyl (C=O) groups is 1. The number of phenols is 1. The van der Waals surface area contributed by atoms with Crippen molar-refractivity contribution in [2.24, 2.45) is 0 Å². The molecule has 20 heavy (non-hydrogen) atoms. The first-order chi connectivity index (χ1) is 9.67. The topological polar surface area (TPSA) is 82.1 Å². The number of benzene rings is 2. The van der Waals surface area contributed by atoms with Crippen molar-refractivity contribution in [1.29, 1.82) is 0 Å². The van der Waals surface area contributed by atoms with Gasteiger partial charge in [0.1, 0.15) is 23.0 Å². The van der Waals surface area contributed by atoms with Crippen molar-refractivity contribution in [2.75, 3.05) is 0 Å². The molecule has 0 fully saturated rings. The summed E-state index contributed by atoms with van der Waals surface area (Å²) in [6.07, 6.45) is -0.965. The van der Waals surface area contributed by atoms with Gasteiger partial charge in [-0.15, -0.1) is 0 Å². The summed E-state index contributed by atoms with van der Waals surface area (Å²) in [5.74, 6) is 0.584. The molecule has 6 nitrogen and oxygen atoms in total. The molecule has 0 aliphatic carbocycles. The number of aromatic hydroxyl groups is 1. The van der Waals surface area contributed by atoms with Gasteiger partial charge in [-0.05, 0) is 24.3 Å². The molecule has 0 unspecified atom stereocenters. The normalized spacial score (nSPS) is 10.0. The molecular weight excluding hydrogens is 283 g/mol. The smallest absolute Gasteiger partial charge is 0.508 e. The second-order valence-electron chi connectivity index (χ2n) is 3.59. The monoisotopic (exact) mass is 292 g/mol. The molecule has 102 valence electrons. The van der Waals surface area contributed by atoms with Crippen LogP contribution in [0.4, 0.5) is 4.79 Å². The van der Waals surface area contributed by atoms with Gasteiger partial charge in [0.15, 0.2) is 0 Å². The molecule has 0 spiro atoms. The van der Waals surface area contributed by atoms with Crippen LogP contribution >= 0.6 is 8.69 Å². The molecule has 2 aromatic rings. The van der Waals surface area contributed by atoms with Gasteiger partial charge < -0.3 is 19.1 Å². The van der Waals surface area contributed by atoms with E-state index in [0.717, 1.165) is 0 Å². The summed E-state index contributed by atoms with van der Waals surface area (Å²) in [6.45, 7) is 0. The van der Waals surface area contributed by atoms with Gasteiger partial charge in [0.25, 0.3) is 0 Å². The van der Waals surface area contributed by atoms with E-state index in [0.29, 0.717) is 0 Å². The third-order valence-electron chi connectivity index (χ3n) is 2.17. The zero-order chi connectivity index (χ0) is 14.4. The van der Waals surface area contributed by atoms with Crippen LogP contribution in [0.2, 0.25) is 0 Å². The number of hydrogen-bond acceptors (Lipinski definition) is 6. The highest BCUT2D eigenvalue weighted by Crippen LogP contribution is 2.23. The first kappa shape index (κ1) is 13.8. The minimum absolute atomic E-state index is 0.0276. The Hall–Kier alpha value is -2.59. The zero-order valence-electron chi connectivity index (χ0n) is 10.1. The van der Waals surface area contributed by atoms with E-state index in [9.17, 15) is 14.5 Å². The number of rotatable bonds is 4. The molecule has 0 radical (unpaired) electrons. The van der Waals surface area contributed by atoms with Crippen molar-refractivity contribution in [3.05, 3.63) is 48.5 Å². The third kappa shape index (κ3) is 3.96. The number of phenolic OH excluding ortho intramolecular Hbond substituents is 1. The maximum atomic E-state index is 11.5. The average Bonchev–Trinajstić information content (AvgIpc) is 2.39. The standard InChI is InChI=1S/C13H9O6P/c14-9-3-1-4-10(7-9)17-13(15)18-11-5-2-6-12(8-11)19-20-16/h1-8,14H. The van der Waals surface area contributed by atoms with Crippen LogP contribution in [0, 0.1) is 0 Å². The minimum atomic E-state index is -0.965. The van der Waals surface area contributed by atoms with E-state index in [4.69, 9.17) is 14.0 Å². The Bertz CT molecular complexity index is 628. The minimum Gasteiger partial charge on any atom is -0.508 e. The second-order valence-corrected chi connectivity index (χ2v) is 3.92. The quantitative estimate of drug-likeness (QED) is 0.527. The molecule has 2 aromatic carbocycles. The highest BCUT2D eigenvalue weighted by Gasteiger charge is 2.09. The second kappa shape index (κ2) is 6.54. The summed E-state index contributed by atoms with van der Waals surface area (Å²) in [5.41, 5.74) is 0. The molecule has 0 bridgehead atoms. The van der Waals surface area contributed by atoms with Crippen LogP contribution in [0.5, 0.6) is 23.0 Å². The van der Waals surface area contributed by atoms with E-state index in [1.54, 1.807) is 12.1 Å². The Morgan fingerprint density at radius 3 is 2.20 bits per heavy atom. The molecule has 0 aromatic heterocycles. The molecule has 0 aliphatic heterocycles. The molecule has 2 rings (SSSR count). The SMILES string of the molecule is O=POc1cccc(OC(=O)Oc2cccc(O)c2)c1. The van der Waals surface area contributed by atoms with Crippen LogP contribution in [0.15, 0.2) is 48.5 Å². The Balaban J connectivity index is 2.00. The van der Waals surface area contributed by atoms with Gasteiger partial charge in [-0.3, -0.25) is 0 Å². The highest BCUT2D eigenvalue weighted by molar-refractivity contribution is 7.17. The largest absolute Gasteiger partial charge is 0.519 e. The first-order valence-corrected chi connectivity index (χ1v) is 6.19. The Kier molecular flexibility index (Phi) is 4.52. The summed E-state index contributed by atoms with van der Waals surface area (Å²) in [6, 6.07) is 11.8. The van der Waals surface area contributed by atoms with Gasteiger partial charge in [-0.25, -0.2) is 9.36 Å². The van der Waals surface area contributed by atoms with Gasteiger partial charge in [-0.1, -0.05) is 12.1 Å². The third-order valence-corrected chi connectivity index (χ3v) is 2.45. The van der Waals surface area contributed by atoms with Crippen LogP contribution in [-0.2, 0) is 4.57 Å². The number of carbonyl (C=O) groups excluding carboxylic acids is 1. The van der Waals surface area contributed by atoms with Crippen LogP contribution in [0.25, 0.3) is 0 Å². The van der Waals surface area contributed by atoms with E-state index < -0.39 is 14.8 Å². The fourth-order valence-corrected chi connectivity index (χ4v) is 1.60. The Morgan fingerprint density at radius 2 is 1.55 bits per heavy atom. The zero-order valence-corrected chi connectivity index (χ0v) is 10.9. The lowest BCUT2D eigenvalue weighted by atomic mass is 10.3. The van der Waals surface area contributed by atoms with E-state index in [1.807, 2.05) is 0 Å². The van der Waals surface area contributed by atoms with Crippen LogP contribution in [0.3, 0.4) is 0 Å². The van der Waals surface area contributed by atoms with E-state index >= 15 is 0 Å². The van der Waals surface area contributed by atoms with E-state index in [-0.39, 0.29) is 23.0 Å². The maximum Gasteiger partial charge on any atom is 0.519 e. The Labute approximate surface area is 115 Å². The van der Waals surface area contributed by atoms with Crippen molar-refractivity contribution in [3.8, 4) is 23.0 Å². The van der Waals surface area contributed by atoms with Gasteiger partial charge in [0, 0.05) is 12.1 Å². The van der Waals surface area contributed by atoms with Gasteiger partial charge in [0.05, 0.1) is 0 Å². The van der Waals surface area contributed by atoms with E-state index in [1.165, 1.54) is 36.4 Å². The first-order valence-electron chi connectivity index (χ1n) is 5.46. The summed E-state index contributed by atoms with van der Waals surface area (Å²) in [7, 11) is -0.504. The molecular formula is C13H9O6P. The van der Waals surface area contributed by atoms with Crippen LogP contribution in [0.1, 0.15) is 0 Å². The number of ether oxygens (including phenoxy) is 2. The molecule has 7 heteroatoms. The summed E-state index contributed by atoms with van der Waals surface area (Å²) in [4.78, 5) is 11.5. The van der Waals surface area contributed by atoms with Crippen molar-refractivity contribution in [1.82, 2.24) is 0 Å². The van der Waals surface area contributed by atoms with Crippen LogP contribution in [-0.4, -0.2) is 11.3 Å². The van der Waals surface area contributed by atoms with Gasteiger partial charge in [0.2, 0.25) is 0 Å². The summed E-state index contributed by atoms with van der Waals surface area (Å²) in [5, 5.41) is 9.23. The molecule has 0 atom stereocenters. The Morgan fingerprint density at radius 1 is 0.950 bits per heavy atom. The molecule has 0 heterocycles. The molecule has 0 saturated heterocycles. The summed E-state index contributed by atoms with van der Waals surface area (Å²) < 4.78 is 24.8. The lowest BCUT2D eigenvalue weighted by Crippen LogP contribution is -2.13. The van der Waals surface area contributed by atoms with Crippen molar-refractivity contribution >= 4 is 14.8 Å². The molecule has 0 saturated carbocycles. The predicted octanol–water partition coefficient (Wildman–Crippen LogP) is 3.56. The lowest BCUT2D eigenvalue weighted by molar-refractivity contribution is 0.151. The van der Waals surface area contributed by atoms with Crippen molar-refractivity contribution < 1.29 is 28.5 Å².